The Morgan fingerprint density at radius 2 is 1.97 bits per heavy atom. The van der Waals surface area contributed by atoms with Gasteiger partial charge in [-0.05, 0) is 50.5 Å². The van der Waals surface area contributed by atoms with Crippen molar-refractivity contribution in [3.05, 3.63) is 34.0 Å². The molecule has 1 aliphatic heterocycles. The molecule has 0 atom stereocenters. The van der Waals surface area contributed by atoms with Gasteiger partial charge in [0.2, 0.25) is 0 Å². The standard InChI is InChI=1S/C17H23NO2S.C2H5O5P/c1-2-20-16(19)13-14-6-8-17(9-7-14,18-10-4-11-18)15-5-3-12-21-15;3-2(4)1-8(5,6)7/h3,5,12-13H,2,4,6-11H2,1H3;1H2,(H,3,4)(H2,5,6,7). The quantitative estimate of drug-likeness (QED) is 0.347. The average molecular weight is 445 g/mol. The Hall–Kier alpha value is -1.51. The smallest absolute Gasteiger partial charge is 0.336 e. The maximum Gasteiger partial charge on any atom is 0.336 e. The largest absolute Gasteiger partial charge is 0.481 e. The number of hydrogen-bond acceptors (Lipinski definition) is 6. The first-order chi connectivity index (χ1) is 13.7. The lowest BCUT2D eigenvalue weighted by Crippen LogP contribution is -2.53. The molecule has 2 aliphatic rings. The van der Waals surface area contributed by atoms with Crippen molar-refractivity contribution in [3.8, 4) is 0 Å². The molecule has 8 nitrogen and oxygen atoms in total. The van der Waals surface area contributed by atoms with Gasteiger partial charge in [-0.2, -0.15) is 0 Å². The fourth-order valence-corrected chi connectivity index (χ4v) is 5.03. The van der Waals surface area contributed by atoms with Crippen LogP contribution in [0.25, 0.3) is 0 Å². The summed E-state index contributed by atoms with van der Waals surface area (Å²) in [5.41, 5.74) is 1.47. The highest BCUT2D eigenvalue weighted by atomic mass is 32.1. The van der Waals surface area contributed by atoms with Crippen molar-refractivity contribution in [2.24, 2.45) is 0 Å². The molecule has 3 N–H and O–H groups in total. The third kappa shape index (κ3) is 7.04. The van der Waals surface area contributed by atoms with Gasteiger partial charge in [-0.1, -0.05) is 11.6 Å². The Morgan fingerprint density at radius 1 is 1.31 bits per heavy atom. The van der Waals surface area contributed by atoms with Crippen LogP contribution in [0.2, 0.25) is 0 Å². The van der Waals surface area contributed by atoms with Crippen molar-refractivity contribution in [3.63, 3.8) is 0 Å². The van der Waals surface area contributed by atoms with E-state index in [0.29, 0.717) is 6.61 Å². The van der Waals surface area contributed by atoms with Gasteiger partial charge in [-0.25, -0.2) is 4.79 Å². The van der Waals surface area contributed by atoms with Crippen LogP contribution >= 0.6 is 18.9 Å². The van der Waals surface area contributed by atoms with Crippen molar-refractivity contribution in [1.29, 1.82) is 0 Å². The van der Waals surface area contributed by atoms with E-state index >= 15 is 0 Å². The topological polar surface area (TPSA) is 124 Å². The molecule has 0 radical (unpaired) electrons. The van der Waals surface area contributed by atoms with Crippen LogP contribution in [-0.4, -0.2) is 57.6 Å². The van der Waals surface area contributed by atoms with Gasteiger partial charge < -0.3 is 19.6 Å². The van der Waals surface area contributed by atoms with E-state index in [2.05, 4.69) is 22.4 Å². The predicted molar refractivity (Wildman–Crippen MR) is 110 cm³/mol. The first-order valence-electron chi connectivity index (χ1n) is 9.58. The third-order valence-electron chi connectivity index (χ3n) is 5.11. The second kappa shape index (κ2) is 10.5. The average Bonchev–Trinajstić information content (AvgIpc) is 3.08. The van der Waals surface area contributed by atoms with Crippen LogP contribution < -0.4 is 0 Å². The summed E-state index contributed by atoms with van der Waals surface area (Å²) < 4.78 is 14.8. The number of rotatable bonds is 6. The number of allylic oxidation sites excluding steroid dienone is 1. The highest BCUT2D eigenvalue weighted by molar-refractivity contribution is 7.52. The Kier molecular flexibility index (Phi) is 8.60. The lowest BCUT2D eigenvalue weighted by atomic mass is 9.75. The molecule has 1 aromatic rings. The second-order valence-corrected chi connectivity index (χ2v) is 9.71. The number of carboxylic acid groups (broad SMARTS) is 1. The van der Waals surface area contributed by atoms with Crippen LogP contribution in [0.4, 0.5) is 0 Å². The van der Waals surface area contributed by atoms with Gasteiger partial charge in [-0.15, -0.1) is 11.3 Å². The molecule has 2 heterocycles. The molecule has 0 aromatic carbocycles. The summed E-state index contributed by atoms with van der Waals surface area (Å²) in [5.74, 6) is -1.67. The van der Waals surface area contributed by atoms with E-state index in [4.69, 9.17) is 19.6 Å². The highest BCUT2D eigenvalue weighted by Gasteiger charge is 2.43. The normalized spacial score (nSPS) is 22.1. The lowest BCUT2D eigenvalue weighted by Gasteiger charge is -2.51. The molecule has 162 valence electrons. The zero-order valence-electron chi connectivity index (χ0n) is 16.5. The van der Waals surface area contributed by atoms with E-state index in [1.54, 1.807) is 6.08 Å². The zero-order chi connectivity index (χ0) is 21.5. The fraction of sp³-hybridized carbons (Fsp3) is 0.579. The van der Waals surface area contributed by atoms with Crippen molar-refractivity contribution < 1.29 is 33.8 Å². The van der Waals surface area contributed by atoms with Crippen LogP contribution in [0.5, 0.6) is 0 Å². The van der Waals surface area contributed by atoms with Gasteiger partial charge >= 0.3 is 19.5 Å². The number of thiophene rings is 1. The lowest BCUT2D eigenvalue weighted by molar-refractivity contribution is -0.137. The van der Waals surface area contributed by atoms with Gasteiger partial charge in [0.15, 0.2) is 0 Å². The molecular weight excluding hydrogens is 417 g/mol. The molecule has 0 bridgehead atoms. The molecular formula is C19H28NO7PS. The molecule has 0 amide bonds. The van der Waals surface area contributed by atoms with Gasteiger partial charge in [-0.3, -0.25) is 14.3 Å². The van der Waals surface area contributed by atoms with Gasteiger partial charge in [0.25, 0.3) is 0 Å². The summed E-state index contributed by atoms with van der Waals surface area (Å²) in [7, 11) is -4.32. The molecule has 10 heteroatoms. The van der Waals surface area contributed by atoms with E-state index in [1.807, 2.05) is 18.3 Å². The third-order valence-corrected chi connectivity index (χ3v) is 6.86. The fourth-order valence-electron chi connectivity index (χ4n) is 3.66. The van der Waals surface area contributed by atoms with Gasteiger partial charge in [0.05, 0.1) is 12.1 Å². The minimum Gasteiger partial charge on any atom is -0.481 e. The number of esters is 1. The van der Waals surface area contributed by atoms with Crippen molar-refractivity contribution in [1.82, 2.24) is 4.90 Å². The Bertz CT molecular complexity index is 758. The molecule has 1 aromatic heterocycles. The summed E-state index contributed by atoms with van der Waals surface area (Å²) in [6.07, 6.45) is 6.21. The SMILES string of the molecule is CCOC(=O)C=C1CCC(c2cccs2)(N2CCC2)CC1.O=C(O)CP(=O)(O)O. The molecule has 1 saturated carbocycles. The van der Waals surface area contributed by atoms with E-state index in [1.165, 1.54) is 30.0 Å². The van der Waals surface area contributed by atoms with Crippen LogP contribution in [0, 0.1) is 0 Å². The minimum atomic E-state index is -4.32. The number of ether oxygens (including phenoxy) is 1. The molecule has 1 saturated heterocycles. The molecule has 2 fully saturated rings. The first kappa shape index (κ1) is 23.8. The van der Waals surface area contributed by atoms with E-state index in [-0.39, 0.29) is 11.5 Å². The molecule has 0 spiro atoms. The number of aliphatic carboxylic acids is 1. The number of carbonyl (C=O) groups excluding carboxylic acids is 1. The monoisotopic (exact) mass is 445 g/mol. The maximum atomic E-state index is 11.6. The molecule has 0 unspecified atom stereocenters. The Morgan fingerprint density at radius 3 is 2.34 bits per heavy atom. The summed E-state index contributed by atoms with van der Waals surface area (Å²) >= 11 is 1.88. The zero-order valence-corrected chi connectivity index (χ0v) is 18.2. The van der Waals surface area contributed by atoms with Crippen molar-refractivity contribution in [2.45, 2.75) is 44.6 Å². The number of carboxylic acids is 1. The van der Waals surface area contributed by atoms with Gasteiger partial charge in [0, 0.05) is 24.0 Å². The minimum absolute atomic E-state index is 0.180. The molecule has 3 rings (SSSR count). The summed E-state index contributed by atoms with van der Waals surface area (Å²) in [6, 6.07) is 4.44. The molecule has 29 heavy (non-hydrogen) atoms. The second-order valence-electron chi connectivity index (χ2n) is 7.12. The first-order valence-corrected chi connectivity index (χ1v) is 12.3. The summed E-state index contributed by atoms with van der Waals surface area (Å²) in [6.45, 7) is 4.74. The highest BCUT2D eigenvalue weighted by Crippen LogP contribution is 2.47. The van der Waals surface area contributed by atoms with Crippen molar-refractivity contribution >= 4 is 30.9 Å². The Balaban J connectivity index is 0.000000321. The summed E-state index contributed by atoms with van der Waals surface area (Å²) in [5, 5.41) is 9.94. The number of carbonyl (C=O) groups is 2. The van der Waals surface area contributed by atoms with Crippen molar-refractivity contribution in [2.75, 3.05) is 25.9 Å². The van der Waals surface area contributed by atoms with E-state index in [9.17, 15) is 14.2 Å². The van der Waals surface area contributed by atoms with E-state index in [0.717, 1.165) is 25.7 Å². The number of hydrogen-bond donors (Lipinski definition) is 3. The van der Waals surface area contributed by atoms with Crippen LogP contribution in [0.1, 0.15) is 43.9 Å². The summed E-state index contributed by atoms with van der Waals surface area (Å²) in [4.78, 5) is 41.1. The Labute approximate surface area is 174 Å². The van der Waals surface area contributed by atoms with E-state index < -0.39 is 19.7 Å². The van der Waals surface area contributed by atoms with Crippen LogP contribution in [-0.2, 0) is 24.4 Å². The molecule has 1 aliphatic carbocycles. The van der Waals surface area contributed by atoms with Gasteiger partial charge in [0.1, 0.15) is 6.16 Å². The number of likely N-dealkylation sites (tertiary alicyclic amines) is 1. The van der Waals surface area contributed by atoms with Crippen LogP contribution in [0.3, 0.4) is 0 Å². The van der Waals surface area contributed by atoms with Crippen LogP contribution in [0.15, 0.2) is 29.2 Å². The number of nitrogens with zero attached hydrogens (tertiary/aromatic N) is 1. The predicted octanol–water partition coefficient (Wildman–Crippen LogP) is 2.96. The maximum absolute atomic E-state index is 11.6.